The number of hydrogen-bond donors (Lipinski definition) is 1. The van der Waals surface area contributed by atoms with Gasteiger partial charge in [0.2, 0.25) is 11.2 Å². The van der Waals surface area contributed by atoms with Crippen molar-refractivity contribution in [2.24, 2.45) is 0 Å². The summed E-state index contributed by atoms with van der Waals surface area (Å²) in [5, 5.41) is 10.8. The van der Waals surface area contributed by atoms with Gasteiger partial charge in [-0.25, -0.2) is 4.98 Å². The van der Waals surface area contributed by atoms with Crippen LogP contribution in [0.25, 0.3) is 0 Å². The van der Waals surface area contributed by atoms with Gasteiger partial charge < -0.3 is 9.42 Å². The molecule has 1 aliphatic heterocycles. The summed E-state index contributed by atoms with van der Waals surface area (Å²) < 4.78 is 5.26. The number of halogens is 1. The number of piperazine rings is 1. The molecule has 0 bridgehead atoms. The van der Waals surface area contributed by atoms with Gasteiger partial charge in [-0.3, -0.25) is 10.00 Å². The maximum Gasteiger partial charge on any atom is 0.242 e. The van der Waals surface area contributed by atoms with Crippen molar-refractivity contribution in [3.63, 3.8) is 0 Å². The lowest BCUT2D eigenvalue weighted by Crippen LogP contribution is -2.44. The van der Waals surface area contributed by atoms with E-state index in [9.17, 15) is 0 Å². The average Bonchev–Trinajstić information content (AvgIpc) is 3.08. The molecule has 0 aromatic carbocycles. The Kier molecular flexibility index (Phi) is 4.47. The predicted molar refractivity (Wildman–Crippen MR) is 75.9 cm³/mol. The first-order chi connectivity index (χ1) is 10.2. The maximum absolute atomic E-state index is 5.65. The van der Waals surface area contributed by atoms with Crippen LogP contribution in [0.15, 0.2) is 4.52 Å². The highest BCUT2D eigenvalue weighted by atomic mass is 35.5. The minimum atomic E-state index is 0.228. The molecule has 0 spiro atoms. The zero-order valence-corrected chi connectivity index (χ0v) is 12.7. The van der Waals surface area contributed by atoms with Crippen LogP contribution < -0.4 is 0 Å². The molecule has 2 aromatic heterocycles. The third-order valence-corrected chi connectivity index (χ3v) is 3.72. The SMILES string of the molecule is CN1CCN(Cc2noc(CCc3nc(Cl)n[nH]3)n2)CC1. The molecule has 1 saturated heterocycles. The van der Waals surface area contributed by atoms with Crippen LogP contribution in [0.4, 0.5) is 0 Å². The Morgan fingerprint density at radius 2 is 2.00 bits per heavy atom. The molecule has 0 radical (unpaired) electrons. The lowest BCUT2D eigenvalue weighted by Gasteiger charge is -2.31. The van der Waals surface area contributed by atoms with Crippen LogP contribution in [0, 0.1) is 0 Å². The van der Waals surface area contributed by atoms with Gasteiger partial charge >= 0.3 is 0 Å². The van der Waals surface area contributed by atoms with Crippen molar-refractivity contribution in [2.45, 2.75) is 19.4 Å². The number of nitrogens with one attached hydrogen (secondary N) is 1. The molecule has 0 saturated carbocycles. The van der Waals surface area contributed by atoms with Gasteiger partial charge in [0.05, 0.1) is 6.54 Å². The lowest BCUT2D eigenvalue weighted by molar-refractivity contribution is 0.144. The highest BCUT2D eigenvalue weighted by molar-refractivity contribution is 6.28. The van der Waals surface area contributed by atoms with Crippen LogP contribution in [-0.4, -0.2) is 68.3 Å². The number of aromatic nitrogens is 5. The highest BCUT2D eigenvalue weighted by Gasteiger charge is 2.16. The molecule has 3 heterocycles. The van der Waals surface area contributed by atoms with Crippen molar-refractivity contribution < 1.29 is 4.52 Å². The number of rotatable bonds is 5. The number of likely N-dealkylation sites (N-methyl/N-ethyl adjacent to an activating group) is 1. The van der Waals surface area contributed by atoms with Crippen LogP contribution >= 0.6 is 11.6 Å². The van der Waals surface area contributed by atoms with E-state index < -0.39 is 0 Å². The van der Waals surface area contributed by atoms with Gasteiger partial charge in [-0.2, -0.15) is 4.98 Å². The average molecular weight is 312 g/mol. The Hall–Kier alpha value is -1.51. The monoisotopic (exact) mass is 311 g/mol. The fourth-order valence-electron chi connectivity index (χ4n) is 2.27. The second kappa shape index (κ2) is 6.50. The fourth-order valence-corrected chi connectivity index (χ4v) is 2.42. The summed E-state index contributed by atoms with van der Waals surface area (Å²) in [7, 11) is 2.14. The summed E-state index contributed by atoms with van der Waals surface area (Å²) in [6, 6.07) is 0. The largest absolute Gasteiger partial charge is 0.339 e. The smallest absolute Gasteiger partial charge is 0.242 e. The molecule has 0 aliphatic carbocycles. The zero-order chi connectivity index (χ0) is 14.7. The minimum Gasteiger partial charge on any atom is -0.339 e. The van der Waals surface area contributed by atoms with E-state index in [1.807, 2.05) is 0 Å². The van der Waals surface area contributed by atoms with Crippen molar-refractivity contribution in [3.8, 4) is 0 Å². The molecule has 8 nitrogen and oxygen atoms in total. The number of hydrogen-bond acceptors (Lipinski definition) is 7. The maximum atomic E-state index is 5.65. The first kappa shape index (κ1) is 14.4. The Morgan fingerprint density at radius 3 is 2.71 bits per heavy atom. The normalized spacial score (nSPS) is 17.4. The van der Waals surface area contributed by atoms with Gasteiger partial charge in [-0.05, 0) is 18.6 Å². The van der Waals surface area contributed by atoms with Crippen molar-refractivity contribution >= 4 is 11.6 Å². The van der Waals surface area contributed by atoms with E-state index in [1.165, 1.54) is 0 Å². The molecule has 0 atom stereocenters. The molecule has 0 amide bonds. The number of aryl methyl sites for hydroxylation is 2. The van der Waals surface area contributed by atoms with Gasteiger partial charge in [0.15, 0.2) is 5.82 Å². The second-order valence-corrected chi connectivity index (χ2v) is 5.57. The zero-order valence-electron chi connectivity index (χ0n) is 11.9. The summed E-state index contributed by atoms with van der Waals surface area (Å²) in [6.07, 6.45) is 1.27. The first-order valence-electron chi connectivity index (χ1n) is 6.98. The van der Waals surface area contributed by atoms with E-state index in [0.29, 0.717) is 18.7 Å². The predicted octanol–water partition coefficient (Wildman–Crippen LogP) is 0.374. The van der Waals surface area contributed by atoms with E-state index >= 15 is 0 Å². The lowest BCUT2D eigenvalue weighted by atomic mass is 10.3. The van der Waals surface area contributed by atoms with Crippen LogP contribution in [0.5, 0.6) is 0 Å². The van der Waals surface area contributed by atoms with Crippen molar-refractivity contribution in [2.75, 3.05) is 33.2 Å². The molecule has 114 valence electrons. The van der Waals surface area contributed by atoms with Crippen LogP contribution in [-0.2, 0) is 19.4 Å². The van der Waals surface area contributed by atoms with Crippen LogP contribution in [0.1, 0.15) is 17.5 Å². The first-order valence-corrected chi connectivity index (χ1v) is 7.36. The topological polar surface area (TPSA) is 87.0 Å². The highest BCUT2D eigenvalue weighted by Crippen LogP contribution is 2.08. The summed E-state index contributed by atoms with van der Waals surface area (Å²) in [6.45, 7) is 4.98. The van der Waals surface area contributed by atoms with Gasteiger partial charge in [0.25, 0.3) is 0 Å². The van der Waals surface area contributed by atoms with E-state index in [2.05, 4.69) is 42.2 Å². The molecule has 9 heteroatoms. The fraction of sp³-hybridized carbons (Fsp3) is 0.667. The molecular formula is C12H18ClN7O. The van der Waals surface area contributed by atoms with E-state index in [4.69, 9.17) is 16.1 Å². The molecule has 0 unspecified atom stereocenters. The Morgan fingerprint density at radius 1 is 1.19 bits per heavy atom. The summed E-state index contributed by atoms with van der Waals surface area (Å²) in [5.41, 5.74) is 0. The minimum absolute atomic E-state index is 0.228. The molecule has 1 aliphatic rings. The Bertz CT molecular complexity index is 576. The summed E-state index contributed by atoms with van der Waals surface area (Å²) in [4.78, 5) is 13.1. The standard InChI is InChI=1S/C12H18ClN7O/c1-19-4-6-20(7-5-19)8-10-14-11(21-18-10)3-2-9-15-12(13)17-16-9/h2-8H2,1H3,(H,15,16,17). The number of aromatic amines is 1. The van der Waals surface area contributed by atoms with Gasteiger partial charge in [-0.15, -0.1) is 5.10 Å². The molecule has 2 aromatic rings. The molecule has 21 heavy (non-hydrogen) atoms. The molecule has 3 rings (SSSR count). The van der Waals surface area contributed by atoms with Crippen LogP contribution in [0.3, 0.4) is 0 Å². The van der Waals surface area contributed by atoms with Crippen molar-refractivity contribution in [1.82, 2.24) is 35.1 Å². The van der Waals surface area contributed by atoms with Gasteiger partial charge in [-0.1, -0.05) is 5.16 Å². The van der Waals surface area contributed by atoms with Gasteiger partial charge in [0.1, 0.15) is 5.82 Å². The third-order valence-electron chi connectivity index (χ3n) is 3.55. The van der Waals surface area contributed by atoms with Crippen LogP contribution in [0.2, 0.25) is 5.28 Å². The second-order valence-electron chi connectivity index (χ2n) is 5.23. The Balaban J connectivity index is 1.49. The quantitative estimate of drug-likeness (QED) is 0.853. The van der Waals surface area contributed by atoms with Crippen molar-refractivity contribution in [1.29, 1.82) is 0 Å². The molecular weight excluding hydrogens is 294 g/mol. The van der Waals surface area contributed by atoms with E-state index in [0.717, 1.165) is 44.4 Å². The Labute approximate surface area is 127 Å². The number of nitrogens with zero attached hydrogens (tertiary/aromatic N) is 6. The van der Waals surface area contributed by atoms with Gasteiger partial charge in [0, 0.05) is 39.0 Å². The molecule has 1 N–H and O–H groups in total. The van der Waals surface area contributed by atoms with E-state index in [-0.39, 0.29) is 5.28 Å². The molecule has 1 fully saturated rings. The van der Waals surface area contributed by atoms with E-state index in [1.54, 1.807) is 0 Å². The summed E-state index contributed by atoms with van der Waals surface area (Å²) >= 11 is 5.65. The third kappa shape index (κ3) is 3.99. The summed E-state index contributed by atoms with van der Waals surface area (Å²) in [5.74, 6) is 2.08. The number of H-pyrrole nitrogens is 1. The van der Waals surface area contributed by atoms with Crippen molar-refractivity contribution in [3.05, 3.63) is 22.8 Å².